The van der Waals surface area contributed by atoms with Gasteiger partial charge in [-0.25, -0.2) is 4.39 Å². The summed E-state index contributed by atoms with van der Waals surface area (Å²) in [6.45, 7) is 1.82. The highest BCUT2D eigenvalue weighted by Crippen LogP contribution is 2.18. The Morgan fingerprint density at radius 2 is 2.00 bits per heavy atom. The fraction of sp³-hybridized carbons (Fsp3) is 0.0714. The molecule has 0 aliphatic heterocycles. The number of halogens is 2. The molecule has 4 heteroatoms. The molecule has 2 rings (SSSR count). The molecule has 0 saturated carbocycles. The summed E-state index contributed by atoms with van der Waals surface area (Å²) in [5, 5.41) is 2.69. The molecule has 0 aliphatic carbocycles. The summed E-state index contributed by atoms with van der Waals surface area (Å²) >= 11 is 3.30. The van der Waals surface area contributed by atoms with E-state index < -0.39 is 0 Å². The summed E-state index contributed by atoms with van der Waals surface area (Å²) in [6, 6.07) is 11.3. The van der Waals surface area contributed by atoms with Gasteiger partial charge in [0.1, 0.15) is 5.82 Å². The van der Waals surface area contributed by atoms with Crippen molar-refractivity contribution in [3.05, 3.63) is 63.9 Å². The molecule has 2 nitrogen and oxygen atoms in total. The Balaban J connectivity index is 2.24. The van der Waals surface area contributed by atoms with Gasteiger partial charge >= 0.3 is 0 Å². The largest absolute Gasteiger partial charge is 0.322 e. The number of hydrogen-bond acceptors (Lipinski definition) is 1. The summed E-state index contributed by atoms with van der Waals surface area (Å²) in [5.74, 6) is -0.629. The van der Waals surface area contributed by atoms with Gasteiger partial charge in [-0.05, 0) is 42.8 Å². The van der Waals surface area contributed by atoms with E-state index in [1.54, 1.807) is 24.3 Å². The standard InChI is InChI=1S/C14H11BrFNO/c1-9-5-6-12(16)8-13(9)17-14(18)10-3-2-4-11(15)7-10/h2-8H,1H3,(H,17,18). The van der Waals surface area contributed by atoms with Crippen molar-refractivity contribution in [1.82, 2.24) is 0 Å². The first kappa shape index (κ1) is 12.8. The van der Waals surface area contributed by atoms with Crippen molar-refractivity contribution >= 4 is 27.5 Å². The lowest BCUT2D eigenvalue weighted by Gasteiger charge is -2.08. The predicted octanol–water partition coefficient (Wildman–Crippen LogP) is 4.15. The molecule has 18 heavy (non-hydrogen) atoms. The van der Waals surface area contributed by atoms with Crippen molar-refractivity contribution in [2.75, 3.05) is 5.32 Å². The van der Waals surface area contributed by atoms with Gasteiger partial charge in [0.2, 0.25) is 0 Å². The van der Waals surface area contributed by atoms with Gasteiger partial charge in [0, 0.05) is 15.7 Å². The molecule has 0 radical (unpaired) electrons. The lowest BCUT2D eigenvalue weighted by molar-refractivity contribution is 0.102. The van der Waals surface area contributed by atoms with E-state index in [1.165, 1.54) is 12.1 Å². The van der Waals surface area contributed by atoms with Crippen LogP contribution in [0.3, 0.4) is 0 Å². The van der Waals surface area contributed by atoms with Crippen LogP contribution in [0.1, 0.15) is 15.9 Å². The number of benzene rings is 2. The highest BCUT2D eigenvalue weighted by molar-refractivity contribution is 9.10. The number of hydrogen-bond donors (Lipinski definition) is 1. The number of anilines is 1. The van der Waals surface area contributed by atoms with Crippen molar-refractivity contribution in [2.45, 2.75) is 6.92 Å². The van der Waals surface area contributed by atoms with E-state index >= 15 is 0 Å². The Bertz CT molecular complexity index is 598. The maximum absolute atomic E-state index is 13.1. The van der Waals surface area contributed by atoms with E-state index in [0.29, 0.717) is 11.3 Å². The van der Waals surface area contributed by atoms with Crippen molar-refractivity contribution in [3.8, 4) is 0 Å². The van der Waals surface area contributed by atoms with E-state index in [2.05, 4.69) is 21.2 Å². The lowest BCUT2D eigenvalue weighted by atomic mass is 10.1. The zero-order chi connectivity index (χ0) is 13.1. The average molecular weight is 308 g/mol. The molecule has 0 aliphatic rings. The van der Waals surface area contributed by atoms with Crippen molar-refractivity contribution < 1.29 is 9.18 Å². The zero-order valence-electron chi connectivity index (χ0n) is 9.71. The zero-order valence-corrected chi connectivity index (χ0v) is 11.3. The summed E-state index contributed by atoms with van der Waals surface area (Å²) in [7, 11) is 0. The van der Waals surface area contributed by atoms with Crippen LogP contribution in [0, 0.1) is 12.7 Å². The first-order valence-corrected chi connectivity index (χ1v) is 6.18. The quantitative estimate of drug-likeness (QED) is 0.887. The molecule has 92 valence electrons. The highest BCUT2D eigenvalue weighted by Gasteiger charge is 2.08. The van der Waals surface area contributed by atoms with E-state index in [0.717, 1.165) is 10.0 Å². The van der Waals surface area contributed by atoms with Crippen molar-refractivity contribution in [1.29, 1.82) is 0 Å². The van der Waals surface area contributed by atoms with Crippen molar-refractivity contribution in [3.63, 3.8) is 0 Å². The van der Waals surface area contributed by atoms with Crippen LogP contribution >= 0.6 is 15.9 Å². The molecule has 2 aromatic rings. The van der Waals surface area contributed by atoms with E-state index in [9.17, 15) is 9.18 Å². The lowest BCUT2D eigenvalue weighted by Crippen LogP contribution is -2.12. The number of rotatable bonds is 2. The first-order valence-electron chi connectivity index (χ1n) is 5.39. The molecule has 0 atom stereocenters. The smallest absolute Gasteiger partial charge is 0.255 e. The van der Waals surface area contributed by atoms with Gasteiger partial charge in [-0.1, -0.05) is 28.1 Å². The van der Waals surface area contributed by atoms with Crippen LogP contribution in [0.4, 0.5) is 10.1 Å². The van der Waals surface area contributed by atoms with Gasteiger partial charge in [0.25, 0.3) is 5.91 Å². The third kappa shape index (κ3) is 2.96. The predicted molar refractivity (Wildman–Crippen MR) is 73.2 cm³/mol. The summed E-state index contributed by atoms with van der Waals surface area (Å²) < 4.78 is 13.9. The number of amides is 1. The second-order valence-electron chi connectivity index (χ2n) is 3.92. The maximum Gasteiger partial charge on any atom is 0.255 e. The first-order chi connectivity index (χ1) is 8.56. The minimum absolute atomic E-state index is 0.259. The molecular formula is C14H11BrFNO. The minimum atomic E-state index is -0.370. The summed E-state index contributed by atoms with van der Waals surface area (Å²) in [6.07, 6.45) is 0. The topological polar surface area (TPSA) is 29.1 Å². The van der Waals surface area contributed by atoms with E-state index in [4.69, 9.17) is 0 Å². The fourth-order valence-corrected chi connectivity index (χ4v) is 1.95. The minimum Gasteiger partial charge on any atom is -0.322 e. The molecule has 0 heterocycles. The van der Waals surface area contributed by atoms with Gasteiger partial charge in [-0.3, -0.25) is 4.79 Å². The van der Waals surface area contributed by atoms with Crippen molar-refractivity contribution in [2.24, 2.45) is 0 Å². The van der Waals surface area contributed by atoms with Gasteiger partial charge in [-0.2, -0.15) is 0 Å². The Morgan fingerprint density at radius 1 is 1.22 bits per heavy atom. The molecule has 0 spiro atoms. The monoisotopic (exact) mass is 307 g/mol. The van der Waals surface area contributed by atoms with E-state index in [1.807, 2.05) is 13.0 Å². The van der Waals surface area contributed by atoms with Crippen LogP contribution in [-0.4, -0.2) is 5.91 Å². The third-order valence-corrected chi connectivity index (χ3v) is 3.03. The SMILES string of the molecule is Cc1ccc(F)cc1NC(=O)c1cccc(Br)c1. The van der Waals surface area contributed by atoms with E-state index in [-0.39, 0.29) is 11.7 Å². The molecule has 0 unspecified atom stereocenters. The number of nitrogens with one attached hydrogen (secondary N) is 1. The van der Waals surface area contributed by atoms with Crippen LogP contribution in [0.2, 0.25) is 0 Å². The normalized spacial score (nSPS) is 10.2. The third-order valence-electron chi connectivity index (χ3n) is 2.53. The van der Waals surface area contributed by atoms with Crippen LogP contribution in [0.15, 0.2) is 46.9 Å². The van der Waals surface area contributed by atoms with Crippen LogP contribution < -0.4 is 5.32 Å². The molecular weight excluding hydrogens is 297 g/mol. The highest BCUT2D eigenvalue weighted by atomic mass is 79.9. The Kier molecular flexibility index (Phi) is 3.77. The molecule has 0 saturated heterocycles. The second-order valence-corrected chi connectivity index (χ2v) is 4.84. The Hall–Kier alpha value is -1.68. The number of carbonyl (C=O) groups is 1. The Morgan fingerprint density at radius 3 is 2.72 bits per heavy atom. The van der Waals surface area contributed by atoms with Gasteiger partial charge < -0.3 is 5.32 Å². The molecule has 1 N–H and O–H groups in total. The molecule has 0 bridgehead atoms. The molecule has 0 fully saturated rings. The molecule has 2 aromatic carbocycles. The number of carbonyl (C=O) groups excluding carboxylic acids is 1. The van der Waals surface area contributed by atoms with Gasteiger partial charge in [-0.15, -0.1) is 0 Å². The maximum atomic E-state index is 13.1. The number of aryl methyl sites for hydroxylation is 1. The molecule has 1 amide bonds. The average Bonchev–Trinajstić information content (AvgIpc) is 2.34. The van der Waals surface area contributed by atoms with Gasteiger partial charge in [0.15, 0.2) is 0 Å². The Labute approximate surface area is 113 Å². The summed E-state index contributed by atoms with van der Waals surface area (Å²) in [5.41, 5.74) is 1.83. The fourth-order valence-electron chi connectivity index (χ4n) is 1.55. The van der Waals surface area contributed by atoms with Crippen LogP contribution in [0.5, 0.6) is 0 Å². The second kappa shape index (κ2) is 5.31. The summed E-state index contributed by atoms with van der Waals surface area (Å²) in [4.78, 5) is 12.0. The molecule has 0 aromatic heterocycles. The van der Waals surface area contributed by atoms with Crippen LogP contribution in [0.25, 0.3) is 0 Å². The van der Waals surface area contributed by atoms with Gasteiger partial charge in [0.05, 0.1) is 0 Å². The van der Waals surface area contributed by atoms with Crippen LogP contribution in [-0.2, 0) is 0 Å².